The van der Waals surface area contributed by atoms with Gasteiger partial charge in [0.15, 0.2) is 0 Å². The van der Waals surface area contributed by atoms with Crippen LogP contribution < -0.4 is 5.73 Å². The van der Waals surface area contributed by atoms with Gasteiger partial charge in [0.05, 0.1) is 0 Å². The van der Waals surface area contributed by atoms with Crippen molar-refractivity contribution in [2.45, 2.75) is 33.6 Å². The Morgan fingerprint density at radius 3 is 2.60 bits per heavy atom. The van der Waals surface area contributed by atoms with Gasteiger partial charge in [0.25, 0.3) is 0 Å². The summed E-state index contributed by atoms with van der Waals surface area (Å²) in [5.74, 6) is 0.640. The minimum Gasteiger partial charge on any atom is -0.330 e. The summed E-state index contributed by atoms with van der Waals surface area (Å²) in [6.07, 6.45) is 4.59. The third kappa shape index (κ3) is 4.57. The van der Waals surface area contributed by atoms with Crippen LogP contribution in [0, 0.1) is 5.92 Å². The Morgan fingerprint density at radius 1 is 1.60 bits per heavy atom. The Bertz CT molecular complexity index is 105. The minimum atomic E-state index is 0.640. The van der Waals surface area contributed by atoms with Crippen LogP contribution in [0.2, 0.25) is 0 Å². The lowest BCUT2D eigenvalue weighted by Crippen LogP contribution is -2.09. The van der Waals surface area contributed by atoms with Crippen molar-refractivity contribution < 1.29 is 0 Å². The Morgan fingerprint density at radius 2 is 2.20 bits per heavy atom. The van der Waals surface area contributed by atoms with Crippen LogP contribution in [0.15, 0.2) is 11.6 Å². The fourth-order valence-corrected chi connectivity index (χ4v) is 0.643. The minimum absolute atomic E-state index is 0.640. The van der Waals surface area contributed by atoms with Crippen LogP contribution in [0.3, 0.4) is 0 Å². The van der Waals surface area contributed by atoms with Gasteiger partial charge in [-0.25, -0.2) is 0 Å². The van der Waals surface area contributed by atoms with Gasteiger partial charge in [0, 0.05) is 0 Å². The van der Waals surface area contributed by atoms with Gasteiger partial charge in [0.1, 0.15) is 0 Å². The number of hydrogen-bond acceptors (Lipinski definition) is 1. The van der Waals surface area contributed by atoms with E-state index in [-0.39, 0.29) is 0 Å². The lowest BCUT2D eigenvalue weighted by molar-refractivity contribution is 0.603. The van der Waals surface area contributed by atoms with Crippen molar-refractivity contribution in [3.05, 3.63) is 11.6 Å². The van der Waals surface area contributed by atoms with Crippen molar-refractivity contribution in [2.75, 3.05) is 6.54 Å². The highest BCUT2D eigenvalue weighted by Gasteiger charge is 1.94. The number of nitrogens with two attached hydrogens (primary N) is 1. The van der Waals surface area contributed by atoms with Crippen LogP contribution in [-0.4, -0.2) is 6.54 Å². The van der Waals surface area contributed by atoms with Crippen LogP contribution >= 0.6 is 0 Å². The highest BCUT2D eigenvalue weighted by molar-refractivity contribution is 4.97. The molecule has 0 unspecified atom stereocenters. The molecule has 0 rings (SSSR count). The quantitative estimate of drug-likeness (QED) is 0.597. The van der Waals surface area contributed by atoms with Crippen molar-refractivity contribution in [3.8, 4) is 0 Å². The zero-order valence-corrected chi connectivity index (χ0v) is 7.35. The Kier molecular flexibility index (Phi) is 5.32. The molecule has 0 aromatic carbocycles. The van der Waals surface area contributed by atoms with Crippen molar-refractivity contribution >= 4 is 0 Å². The number of hydrogen-bond donors (Lipinski definition) is 1. The molecule has 0 aliphatic heterocycles. The predicted molar refractivity (Wildman–Crippen MR) is 46.9 cm³/mol. The van der Waals surface area contributed by atoms with E-state index in [0.29, 0.717) is 5.92 Å². The summed E-state index contributed by atoms with van der Waals surface area (Å²) in [6, 6.07) is 0. The molecule has 0 aromatic rings. The van der Waals surface area contributed by atoms with Gasteiger partial charge in [0.2, 0.25) is 0 Å². The van der Waals surface area contributed by atoms with Gasteiger partial charge < -0.3 is 5.73 Å². The molecule has 0 bridgehead atoms. The first-order valence-corrected chi connectivity index (χ1v) is 4.06. The van der Waals surface area contributed by atoms with Crippen molar-refractivity contribution in [3.63, 3.8) is 0 Å². The van der Waals surface area contributed by atoms with Crippen molar-refractivity contribution in [1.29, 1.82) is 0 Å². The molecule has 0 amide bonds. The van der Waals surface area contributed by atoms with E-state index in [4.69, 9.17) is 5.73 Å². The van der Waals surface area contributed by atoms with E-state index in [2.05, 4.69) is 26.8 Å². The summed E-state index contributed by atoms with van der Waals surface area (Å²) >= 11 is 0. The summed E-state index contributed by atoms with van der Waals surface area (Å²) in [4.78, 5) is 0. The summed E-state index contributed by atoms with van der Waals surface area (Å²) in [7, 11) is 0. The van der Waals surface area contributed by atoms with Crippen LogP contribution in [0.5, 0.6) is 0 Å². The maximum absolute atomic E-state index is 5.47. The summed E-state index contributed by atoms with van der Waals surface area (Å²) in [6.45, 7) is 7.33. The molecule has 0 aliphatic rings. The lowest BCUT2D eigenvalue weighted by atomic mass is 10.1. The highest BCUT2D eigenvalue weighted by Crippen LogP contribution is 2.05. The van der Waals surface area contributed by atoms with Gasteiger partial charge in [-0.1, -0.05) is 25.5 Å². The second-order valence-electron chi connectivity index (χ2n) is 2.98. The molecule has 0 aliphatic carbocycles. The van der Waals surface area contributed by atoms with E-state index in [1.165, 1.54) is 5.57 Å². The van der Waals surface area contributed by atoms with E-state index >= 15 is 0 Å². The molecular weight excluding hydrogens is 122 g/mol. The lowest BCUT2D eigenvalue weighted by Gasteiger charge is -2.03. The first kappa shape index (κ1) is 9.70. The van der Waals surface area contributed by atoms with Crippen LogP contribution in [0.1, 0.15) is 33.6 Å². The molecule has 0 spiro atoms. The van der Waals surface area contributed by atoms with Crippen molar-refractivity contribution in [1.82, 2.24) is 0 Å². The largest absolute Gasteiger partial charge is 0.330 e. The fraction of sp³-hybridized carbons (Fsp3) is 0.778. The summed E-state index contributed by atoms with van der Waals surface area (Å²) < 4.78 is 0. The Balaban J connectivity index is 3.50. The summed E-state index contributed by atoms with van der Waals surface area (Å²) in [5.41, 5.74) is 6.94. The van der Waals surface area contributed by atoms with Crippen LogP contribution in [0.4, 0.5) is 0 Å². The van der Waals surface area contributed by atoms with E-state index < -0.39 is 0 Å². The molecule has 0 fully saturated rings. The molecule has 0 heterocycles. The molecule has 60 valence electrons. The molecule has 2 N–H and O–H groups in total. The molecule has 10 heavy (non-hydrogen) atoms. The SMILES string of the molecule is CC/C(C)=C/C[C@@H](C)CN. The third-order valence-corrected chi connectivity index (χ3v) is 1.83. The first-order valence-electron chi connectivity index (χ1n) is 4.06. The van der Waals surface area contributed by atoms with E-state index in [1.54, 1.807) is 0 Å². The molecule has 0 radical (unpaired) electrons. The standard InChI is InChI=1S/C9H19N/c1-4-8(2)5-6-9(3)7-10/h5,9H,4,6-7,10H2,1-3H3/b8-5+/t9-/m1/s1. The average Bonchev–Trinajstić information content (AvgIpc) is 1.99. The van der Waals surface area contributed by atoms with Crippen molar-refractivity contribution in [2.24, 2.45) is 11.7 Å². The van der Waals surface area contributed by atoms with Crippen LogP contribution in [-0.2, 0) is 0 Å². The van der Waals surface area contributed by atoms with Gasteiger partial charge in [-0.15, -0.1) is 0 Å². The van der Waals surface area contributed by atoms with Gasteiger partial charge in [-0.05, 0) is 32.2 Å². The normalized spacial score (nSPS) is 15.4. The highest BCUT2D eigenvalue weighted by atomic mass is 14.5. The van der Waals surface area contributed by atoms with Gasteiger partial charge >= 0.3 is 0 Å². The Labute approximate surface area is 64.3 Å². The molecule has 1 heteroatoms. The zero-order valence-electron chi connectivity index (χ0n) is 7.35. The van der Waals surface area contributed by atoms with E-state index in [1.807, 2.05) is 0 Å². The predicted octanol–water partition coefficient (Wildman–Crippen LogP) is 2.33. The first-order chi connectivity index (χ1) is 4.70. The number of allylic oxidation sites excluding steroid dienone is 2. The summed E-state index contributed by atoms with van der Waals surface area (Å²) in [5, 5.41) is 0. The average molecular weight is 141 g/mol. The maximum Gasteiger partial charge on any atom is -0.00485 e. The smallest absolute Gasteiger partial charge is 0.00485 e. The maximum atomic E-state index is 5.47. The molecular formula is C9H19N. The fourth-order valence-electron chi connectivity index (χ4n) is 0.643. The topological polar surface area (TPSA) is 26.0 Å². The monoisotopic (exact) mass is 141 g/mol. The second-order valence-corrected chi connectivity index (χ2v) is 2.98. The zero-order chi connectivity index (χ0) is 7.98. The van der Waals surface area contributed by atoms with Gasteiger partial charge in [-0.2, -0.15) is 0 Å². The van der Waals surface area contributed by atoms with E-state index in [9.17, 15) is 0 Å². The Hall–Kier alpha value is -0.300. The molecule has 0 saturated heterocycles. The number of rotatable bonds is 4. The second kappa shape index (κ2) is 5.48. The third-order valence-electron chi connectivity index (χ3n) is 1.83. The van der Waals surface area contributed by atoms with Gasteiger partial charge in [-0.3, -0.25) is 0 Å². The van der Waals surface area contributed by atoms with Crippen LogP contribution in [0.25, 0.3) is 0 Å². The van der Waals surface area contributed by atoms with E-state index in [0.717, 1.165) is 19.4 Å². The molecule has 0 saturated carbocycles. The molecule has 1 atom stereocenters. The molecule has 0 aromatic heterocycles. The molecule has 1 nitrogen and oxygen atoms in total.